The second-order valence-corrected chi connectivity index (χ2v) is 6.18. The summed E-state index contributed by atoms with van der Waals surface area (Å²) in [6, 6.07) is 6.23. The number of rotatable bonds is 4. The first-order valence-electron chi connectivity index (χ1n) is 7.07. The molecule has 20 heavy (non-hydrogen) atoms. The van der Waals surface area contributed by atoms with E-state index in [0.717, 1.165) is 48.7 Å². The normalized spacial score (nSPS) is 17.1. The van der Waals surface area contributed by atoms with Crippen LogP contribution in [0, 0.1) is 0 Å². The fourth-order valence-corrected chi connectivity index (χ4v) is 3.16. The summed E-state index contributed by atoms with van der Waals surface area (Å²) in [7, 11) is 2.11. The number of piperidine rings is 1. The van der Waals surface area contributed by atoms with Crippen LogP contribution < -0.4 is 10.6 Å². The fraction of sp³-hybridized carbons (Fsp3) is 0.533. The Morgan fingerprint density at radius 3 is 2.65 bits per heavy atom. The van der Waals surface area contributed by atoms with Crippen molar-refractivity contribution in [3.8, 4) is 0 Å². The minimum atomic E-state index is 0.425. The Bertz CT molecular complexity index is 484. The minimum Gasteiger partial charge on any atom is -0.389 e. The summed E-state index contributed by atoms with van der Waals surface area (Å²) in [6.07, 6.45) is 2.32. The van der Waals surface area contributed by atoms with Crippen molar-refractivity contribution < 1.29 is 0 Å². The number of thiocarbonyl (C=S) groups is 1. The maximum absolute atomic E-state index is 6.13. The van der Waals surface area contributed by atoms with E-state index in [1.807, 2.05) is 18.2 Å². The second kappa shape index (κ2) is 6.74. The van der Waals surface area contributed by atoms with Gasteiger partial charge >= 0.3 is 0 Å². The van der Waals surface area contributed by atoms with Gasteiger partial charge in [-0.15, -0.1) is 0 Å². The van der Waals surface area contributed by atoms with Gasteiger partial charge < -0.3 is 15.5 Å². The zero-order valence-electron chi connectivity index (χ0n) is 12.1. The van der Waals surface area contributed by atoms with E-state index in [2.05, 4.69) is 23.8 Å². The van der Waals surface area contributed by atoms with Crippen LogP contribution in [-0.2, 0) is 0 Å². The highest BCUT2D eigenvalue weighted by atomic mass is 35.5. The van der Waals surface area contributed by atoms with Gasteiger partial charge in [0.05, 0.1) is 0 Å². The molecule has 1 heterocycles. The van der Waals surface area contributed by atoms with Crippen molar-refractivity contribution in [2.75, 3.05) is 31.6 Å². The molecule has 0 radical (unpaired) electrons. The lowest BCUT2D eigenvalue weighted by molar-refractivity contribution is 0.221. The largest absolute Gasteiger partial charge is 0.389 e. The molecule has 2 N–H and O–H groups in total. The SMILES string of the molecule is CCN1CCC(N(C)c2cc(Cl)ccc2C(N)=S)CC1. The first-order valence-corrected chi connectivity index (χ1v) is 7.86. The molecule has 0 saturated carbocycles. The molecular weight excluding hydrogens is 290 g/mol. The predicted molar refractivity (Wildman–Crippen MR) is 90.9 cm³/mol. The molecule has 3 nitrogen and oxygen atoms in total. The zero-order valence-corrected chi connectivity index (χ0v) is 13.7. The summed E-state index contributed by atoms with van der Waals surface area (Å²) in [4.78, 5) is 5.19. The summed E-state index contributed by atoms with van der Waals surface area (Å²) in [5.74, 6) is 0. The molecule has 1 fully saturated rings. The van der Waals surface area contributed by atoms with Crippen molar-refractivity contribution in [2.45, 2.75) is 25.8 Å². The molecule has 1 saturated heterocycles. The molecule has 1 aliphatic rings. The summed E-state index contributed by atoms with van der Waals surface area (Å²) in [6.45, 7) is 5.64. The Morgan fingerprint density at radius 1 is 1.45 bits per heavy atom. The number of halogens is 1. The van der Waals surface area contributed by atoms with Gasteiger partial charge in [0.1, 0.15) is 4.99 Å². The summed E-state index contributed by atoms with van der Waals surface area (Å²) < 4.78 is 0. The Kier molecular flexibility index (Phi) is 5.24. The van der Waals surface area contributed by atoms with Crippen molar-refractivity contribution >= 4 is 34.5 Å². The van der Waals surface area contributed by atoms with Crippen LogP contribution in [-0.4, -0.2) is 42.6 Å². The molecule has 110 valence electrons. The average Bonchev–Trinajstić information content (AvgIpc) is 2.46. The van der Waals surface area contributed by atoms with Gasteiger partial charge in [-0.25, -0.2) is 0 Å². The van der Waals surface area contributed by atoms with Gasteiger partial charge in [0.25, 0.3) is 0 Å². The number of hydrogen-bond donors (Lipinski definition) is 1. The maximum Gasteiger partial charge on any atom is 0.106 e. The van der Waals surface area contributed by atoms with E-state index in [4.69, 9.17) is 29.6 Å². The Hall–Kier alpha value is -0.840. The number of benzene rings is 1. The van der Waals surface area contributed by atoms with Gasteiger partial charge in [-0.3, -0.25) is 0 Å². The first kappa shape index (κ1) is 15.5. The van der Waals surface area contributed by atoms with E-state index in [1.54, 1.807) is 0 Å². The molecule has 1 aliphatic heterocycles. The third-order valence-corrected chi connectivity index (χ3v) is 4.61. The molecule has 0 atom stereocenters. The van der Waals surface area contributed by atoms with Crippen molar-refractivity contribution in [1.29, 1.82) is 0 Å². The van der Waals surface area contributed by atoms with Crippen molar-refractivity contribution in [3.05, 3.63) is 28.8 Å². The highest BCUT2D eigenvalue weighted by Gasteiger charge is 2.23. The zero-order chi connectivity index (χ0) is 14.7. The van der Waals surface area contributed by atoms with E-state index in [1.165, 1.54) is 0 Å². The lowest BCUT2D eigenvalue weighted by Gasteiger charge is -2.38. The van der Waals surface area contributed by atoms with Gasteiger partial charge in [-0.05, 0) is 37.6 Å². The second-order valence-electron chi connectivity index (χ2n) is 5.30. The molecular formula is C15H22ClN3S. The number of anilines is 1. The molecule has 0 unspecified atom stereocenters. The highest BCUT2D eigenvalue weighted by Crippen LogP contribution is 2.28. The van der Waals surface area contributed by atoms with Crippen molar-refractivity contribution in [3.63, 3.8) is 0 Å². The molecule has 0 aliphatic carbocycles. The summed E-state index contributed by atoms with van der Waals surface area (Å²) in [5, 5.41) is 0.720. The number of nitrogens with two attached hydrogens (primary N) is 1. The predicted octanol–water partition coefficient (Wildman–Crippen LogP) is 2.89. The van der Waals surface area contributed by atoms with Gasteiger partial charge in [0.15, 0.2) is 0 Å². The molecule has 0 bridgehead atoms. The third kappa shape index (κ3) is 3.43. The molecule has 0 aromatic heterocycles. The van der Waals surface area contributed by atoms with Gasteiger partial charge in [0.2, 0.25) is 0 Å². The van der Waals surface area contributed by atoms with Crippen LogP contribution in [0.15, 0.2) is 18.2 Å². The Labute approximate surface area is 131 Å². The van der Waals surface area contributed by atoms with E-state index in [0.29, 0.717) is 11.0 Å². The first-order chi connectivity index (χ1) is 9.52. The van der Waals surface area contributed by atoms with Crippen molar-refractivity contribution in [2.24, 2.45) is 5.73 Å². The van der Waals surface area contributed by atoms with Crippen LogP contribution >= 0.6 is 23.8 Å². The van der Waals surface area contributed by atoms with E-state index < -0.39 is 0 Å². The van der Waals surface area contributed by atoms with Crippen LogP contribution in [0.3, 0.4) is 0 Å². The van der Waals surface area contributed by atoms with E-state index in [9.17, 15) is 0 Å². The van der Waals surface area contributed by atoms with Crippen LogP contribution in [0.5, 0.6) is 0 Å². The third-order valence-electron chi connectivity index (χ3n) is 4.16. The van der Waals surface area contributed by atoms with Crippen LogP contribution in [0.4, 0.5) is 5.69 Å². The Balaban J connectivity index is 2.18. The topological polar surface area (TPSA) is 32.5 Å². The molecule has 2 rings (SSSR count). The maximum atomic E-state index is 6.13. The Morgan fingerprint density at radius 2 is 2.10 bits per heavy atom. The monoisotopic (exact) mass is 311 g/mol. The van der Waals surface area contributed by atoms with Gasteiger partial charge in [-0.1, -0.05) is 30.7 Å². The molecule has 5 heteroatoms. The quantitative estimate of drug-likeness (QED) is 0.867. The van der Waals surface area contributed by atoms with Gasteiger partial charge in [-0.2, -0.15) is 0 Å². The van der Waals surface area contributed by atoms with Crippen LogP contribution in [0.2, 0.25) is 5.02 Å². The van der Waals surface area contributed by atoms with Crippen LogP contribution in [0.25, 0.3) is 0 Å². The lowest BCUT2D eigenvalue weighted by Crippen LogP contribution is -2.43. The fourth-order valence-electron chi connectivity index (χ4n) is 2.82. The molecule has 1 aromatic carbocycles. The van der Waals surface area contributed by atoms with Crippen LogP contribution in [0.1, 0.15) is 25.3 Å². The molecule has 0 amide bonds. The van der Waals surface area contributed by atoms with Crippen molar-refractivity contribution in [1.82, 2.24) is 4.90 Å². The number of nitrogens with zero attached hydrogens (tertiary/aromatic N) is 2. The lowest BCUT2D eigenvalue weighted by atomic mass is 10.0. The van der Waals surface area contributed by atoms with E-state index in [-0.39, 0.29) is 0 Å². The smallest absolute Gasteiger partial charge is 0.106 e. The van der Waals surface area contributed by atoms with Gasteiger partial charge in [0, 0.05) is 42.5 Å². The van der Waals surface area contributed by atoms with E-state index >= 15 is 0 Å². The average molecular weight is 312 g/mol. The summed E-state index contributed by atoms with van der Waals surface area (Å²) >= 11 is 11.3. The highest BCUT2D eigenvalue weighted by molar-refractivity contribution is 7.80. The minimum absolute atomic E-state index is 0.425. The molecule has 1 aromatic rings. The standard InChI is InChI=1S/C15H22ClN3S/c1-3-19-8-6-12(7-9-19)18(2)14-10-11(16)4-5-13(14)15(17)20/h4-5,10,12H,3,6-9H2,1-2H3,(H2,17,20). The number of hydrogen-bond acceptors (Lipinski definition) is 3. The molecule has 0 spiro atoms. The number of likely N-dealkylation sites (tertiary alicyclic amines) is 1. The summed E-state index contributed by atoms with van der Waals surface area (Å²) in [5.41, 5.74) is 7.78.